The highest BCUT2D eigenvalue weighted by Crippen LogP contribution is 2.29. The number of benzene rings is 2. The minimum atomic E-state index is -0.545. The standard InChI is InChI=1S/C16H16ClF2NO/c1-20-15(9-11-13(18)4-3-5-14(11)19)10-6-7-12(17)16(8-10)21-2/h3-8,15,20H,9H2,1-2H3. The van der Waals surface area contributed by atoms with Crippen molar-refractivity contribution in [2.45, 2.75) is 12.5 Å². The number of halogens is 3. The molecule has 112 valence electrons. The molecular weight excluding hydrogens is 296 g/mol. The average Bonchev–Trinajstić information content (AvgIpc) is 2.48. The van der Waals surface area contributed by atoms with Crippen LogP contribution in [-0.2, 0) is 6.42 Å². The predicted octanol–water partition coefficient (Wildman–Crippen LogP) is 4.13. The van der Waals surface area contributed by atoms with Gasteiger partial charge >= 0.3 is 0 Å². The first-order valence-electron chi connectivity index (χ1n) is 6.50. The van der Waals surface area contributed by atoms with Crippen LogP contribution in [0.2, 0.25) is 5.02 Å². The summed E-state index contributed by atoms with van der Waals surface area (Å²) in [6.07, 6.45) is 0.194. The van der Waals surface area contributed by atoms with E-state index in [4.69, 9.17) is 16.3 Å². The van der Waals surface area contributed by atoms with Gasteiger partial charge in [-0.15, -0.1) is 0 Å². The Labute approximate surface area is 127 Å². The van der Waals surface area contributed by atoms with Gasteiger partial charge in [-0.25, -0.2) is 8.78 Å². The fourth-order valence-electron chi connectivity index (χ4n) is 2.21. The third-order valence-electron chi connectivity index (χ3n) is 3.40. The van der Waals surface area contributed by atoms with Gasteiger partial charge in [0.05, 0.1) is 12.1 Å². The fourth-order valence-corrected chi connectivity index (χ4v) is 2.41. The van der Waals surface area contributed by atoms with E-state index < -0.39 is 11.6 Å². The maximum Gasteiger partial charge on any atom is 0.137 e. The Kier molecular flexibility index (Phi) is 5.15. The third-order valence-corrected chi connectivity index (χ3v) is 3.71. The minimum Gasteiger partial charge on any atom is -0.495 e. The summed E-state index contributed by atoms with van der Waals surface area (Å²) >= 11 is 5.99. The number of ether oxygens (including phenoxy) is 1. The fraction of sp³-hybridized carbons (Fsp3) is 0.250. The molecule has 21 heavy (non-hydrogen) atoms. The second kappa shape index (κ2) is 6.87. The van der Waals surface area contributed by atoms with E-state index in [1.165, 1.54) is 25.3 Å². The Morgan fingerprint density at radius 2 is 1.86 bits per heavy atom. The monoisotopic (exact) mass is 311 g/mol. The quantitative estimate of drug-likeness (QED) is 0.896. The van der Waals surface area contributed by atoms with Gasteiger partial charge in [0.1, 0.15) is 17.4 Å². The van der Waals surface area contributed by atoms with Crippen LogP contribution in [0.4, 0.5) is 8.78 Å². The molecule has 0 radical (unpaired) electrons. The summed E-state index contributed by atoms with van der Waals surface area (Å²) in [5, 5.41) is 3.55. The van der Waals surface area contributed by atoms with E-state index in [1.54, 1.807) is 19.2 Å². The van der Waals surface area contributed by atoms with Gasteiger partial charge in [-0.1, -0.05) is 23.7 Å². The lowest BCUT2D eigenvalue weighted by atomic mass is 9.98. The van der Waals surface area contributed by atoms with E-state index in [9.17, 15) is 8.78 Å². The largest absolute Gasteiger partial charge is 0.495 e. The third kappa shape index (κ3) is 3.52. The van der Waals surface area contributed by atoms with Crippen LogP contribution in [0.3, 0.4) is 0 Å². The molecule has 2 rings (SSSR count). The zero-order valence-electron chi connectivity index (χ0n) is 11.8. The lowest BCUT2D eigenvalue weighted by Crippen LogP contribution is -2.20. The Morgan fingerprint density at radius 3 is 2.43 bits per heavy atom. The molecule has 0 aliphatic heterocycles. The van der Waals surface area contributed by atoms with Crippen LogP contribution in [-0.4, -0.2) is 14.2 Å². The lowest BCUT2D eigenvalue weighted by Gasteiger charge is -2.18. The zero-order chi connectivity index (χ0) is 15.4. The molecule has 0 amide bonds. The molecular formula is C16H16ClF2NO. The van der Waals surface area contributed by atoms with Crippen molar-refractivity contribution < 1.29 is 13.5 Å². The maximum atomic E-state index is 13.8. The van der Waals surface area contributed by atoms with E-state index in [-0.39, 0.29) is 18.0 Å². The Morgan fingerprint density at radius 1 is 1.19 bits per heavy atom. The molecule has 0 aromatic heterocycles. The topological polar surface area (TPSA) is 21.3 Å². The summed E-state index contributed by atoms with van der Waals surface area (Å²) in [6, 6.07) is 8.90. The van der Waals surface area contributed by atoms with Crippen LogP contribution in [0.25, 0.3) is 0 Å². The molecule has 2 aromatic rings. The summed E-state index contributed by atoms with van der Waals surface area (Å²) < 4.78 is 32.7. The first-order chi connectivity index (χ1) is 10.1. The Bertz CT molecular complexity index is 613. The Balaban J connectivity index is 2.32. The van der Waals surface area contributed by atoms with Gasteiger partial charge in [-0.2, -0.15) is 0 Å². The first kappa shape index (κ1) is 15.7. The molecule has 5 heteroatoms. The number of likely N-dealkylation sites (N-methyl/N-ethyl adjacent to an activating group) is 1. The molecule has 0 bridgehead atoms. The number of nitrogens with one attached hydrogen (secondary N) is 1. The van der Waals surface area contributed by atoms with E-state index in [0.29, 0.717) is 10.8 Å². The second-order valence-electron chi connectivity index (χ2n) is 4.64. The summed E-state index contributed by atoms with van der Waals surface area (Å²) in [5.74, 6) is -0.559. The van der Waals surface area contributed by atoms with Crippen LogP contribution >= 0.6 is 11.6 Å². The molecule has 1 atom stereocenters. The first-order valence-corrected chi connectivity index (χ1v) is 6.88. The zero-order valence-corrected chi connectivity index (χ0v) is 12.5. The van der Waals surface area contributed by atoms with Crippen molar-refractivity contribution in [3.05, 3.63) is 64.2 Å². The number of hydrogen-bond donors (Lipinski definition) is 1. The minimum absolute atomic E-state index is 0.0609. The molecule has 0 fully saturated rings. The number of methoxy groups -OCH3 is 1. The van der Waals surface area contributed by atoms with Crippen molar-refractivity contribution in [3.8, 4) is 5.75 Å². The van der Waals surface area contributed by atoms with Gasteiger partial charge in [0.15, 0.2) is 0 Å². The molecule has 2 nitrogen and oxygen atoms in total. The molecule has 2 aromatic carbocycles. The molecule has 0 aliphatic carbocycles. The van der Waals surface area contributed by atoms with Gasteiger partial charge in [-0.05, 0) is 43.3 Å². The van der Waals surface area contributed by atoms with Gasteiger partial charge < -0.3 is 10.1 Å². The van der Waals surface area contributed by atoms with Crippen LogP contribution in [0.1, 0.15) is 17.2 Å². The summed E-state index contributed by atoms with van der Waals surface area (Å²) in [7, 11) is 3.26. The molecule has 0 saturated carbocycles. The van der Waals surface area contributed by atoms with Crippen molar-refractivity contribution in [2.24, 2.45) is 0 Å². The van der Waals surface area contributed by atoms with E-state index >= 15 is 0 Å². The van der Waals surface area contributed by atoms with E-state index in [0.717, 1.165) is 5.56 Å². The molecule has 1 N–H and O–H groups in total. The van der Waals surface area contributed by atoms with E-state index in [1.807, 2.05) is 6.07 Å². The smallest absolute Gasteiger partial charge is 0.137 e. The number of rotatable bonds is 5. The summed E-state index contributed by atoms with van der Waals surface area (Å²) in [6.45, 7) is 0. The molecule has 0 aliphatic rings. The Hall–Kier alpha value is -1.65. The van der Waals surface area contributed by atoms with Gasteiger partial charge in [0.25, 0.3) is 0 Å². The van der Waals surface area contributed by atoms with Crippen LogP contribution in [0, 0.1) is 11.6 Å². The highest BCUT2D eigenvalue weighted by Gasteiger charge is 2.17. The molecule has 0 saturated heterocycles. The van der Waals surface area contributed by atoms with Gasteiger partial charge in [-0.3, -0.25) is 0 Å². The normalized spacial score (nSPS) is 12.2. The highest BCUT2D eigenvalue weighted by molar-refractivity contribution is 6.32. The molecule has 1 unspecified atom stereocenters. The van der Waals surface area contributed by atoms with Crippen LogP contribution < -0.4 is 10.1 Å². The predicted molar refractivity (Wildman–Crippen MR) is 79.9 cm³/mol. The van der Waals surface area contributed by atoms with Crippen molar-refractivity contribution in [3.63, 3.8) is 0 Å². The van der Waals surface area contributed by atoms with Gasteiger partial charge in [0, 0.05) is 11.6 Å². The molecule has 0 spiro atoms. The van der Waals surface area contributed by atoms with Crippen molar-refractivity contribution >= 4 is 11.6 Å². The van der Waals surface area contributed by atoms with Gasteiger partial charge in [0.2, 0.25) is 0 Å². The van der Waals surface area contributed by atoms with Crippen molar-refractivity contribution in [1.29, 1.82) is 0 Å². The lowest BCUT2D eigenvalue weighted by molar-refractivity contribution is 0.413. The average molecular weight is 312 g/mol. The molecule has 0 heterocycles. The van der Waals surface area contributed by atoms with Crippen molar-refractivity contribution in [1.82, 2.24) is 5.32 Å². The van der Waals surface area contributed by atoms with Crippen molar-refractivity contribution in [2.75, 3.05) is 14.2 Å². The maximum absolute atomic E-state index is 13.8. The summed E-state index contributed by atoms with van der Waals surface area (Å²) in [5.41, 5.74) is 0.909. The van der Waals surface area contributed by atoms with Crippen LogP contribution in [0.5, 0.6) is 5.75 Å². The SMILES string of the molecule is CNC(Cc1c(F)cccc1F)c1ccc(Cl)c(OC)c1. The van der Waals surface area contributed by atoms with Crippen LogP contribution in [0.15, 0.2) is 36.4 Å². The second-order valence-corrected chi connectivity index (χ2v) is 5.05. The summed E-state index contributed by atoms with van der Waals surface area (Å²) in [4.78, 5) is 0. The number of hydrogen-bond acceptors (Lipinski definition) is 2. The highest BCUT2D eigenvalue weighted by atomic mass is 35.5. The van der Waals surface area contributed by atoms with E-state index in [2.05, 4.69) is 5.32 Å².